The number of hydrogen-bond donors (Lipinski definition) is 2. The number of nitrogens with one attached hydrogen (secondary N) is 1. The molecule has 7 nitrogen and oxygen atoms in total. The molecule has 2 heterocycles. The van der Waals surface area contributed by atoms with E-state index in [1.54, 1.807) is 6.07 Å². The predicted molar refractivity (Wildman–Crippen MR) is 96.5 cm³/mol. The fourth-order valence-corrected chi connectivity index (χ4v) is 2.62. The molecule has 10 heteroatoms. The average Bonchev–Trinajstić information content (AvgIpc) is 2.71. The van der Waals surface area contributed by atoms with Crippen LogP contribution in [0.3, 0.4) is 0 Å². The lowest BCUT2D eigenvalue weighted by Crippen LogP contribution is -2.36. The van der Waals surface area contributed by atoms with Gasteiger partial charge in [0.25, 0.3) is 0 Å². The summed E-state index contributed by atoms with van der Waals surface area (Å²) in [6.07, 6.45) is -3.82. The Kier molecular flexibility index (Phi) is 6.53. The van der Waals surface area contributed by atoms with Crippen molar-refractivity contribution in [1.29, 1.82) is 0 Å². The second-order valence-electron chi connectivity index (χ2n) is 6.23. The number of hydrogen-bond acceptors (Lipinski definition) is 7. The lowest BCUT2D eigenvalue weighted by atomic mass is 10.2. The van der Waals surface area contributed by atoms with Crippen molar-refractivity contribution in [3.05, 3.63) is 42.2 Å². The van der Waals surface area contributed by atoms with E-state index in [9.17, 15) is 18.3 Å². The first-order valence-corrected chi connectivity index (χ1v) is 8.78. The Morgan fingerprint density at radius 2 is 1.89 bits per heavy atom. The molecule has 28 heavy (non-hydrogen) atoms. The number of rotatable bonds is 7. The van der Waals surface area contributed by atoms with Gasteiger partial charge >= 0.3 is 6.18 Å². The van der Waals surface area contributed by atoms with Gasteiger partial charge in [-0.3, -0.25) is 0 Å². The van der Waals surface area contributed by atoms with Crippen LogP contribution in [0.1, 0.15) is 5.56 Å². The molecule has 0 radical (unpaired) electrons. The van der Waals surface area contributed by atoms with Crippen molar-refractivity contribution >= 4 is 11.6 Å². The number of morpholine rings is 1. The van der Waals surface area contributed by atoms with Gasteiger partial charge in [-0.2, -0.15) is 13.2 Å². The molecule has 0 bridgehead atoms. The van der Waals surface area contributed by atoms with Gasteiger partial charge in [-0.25, -0.2) is 9.97 Å². The van der Waals surface area contributed by atoms with E-state index in [0.717, 1.165) is 31.0 Å². The Bertz CT molecular complexity index is 752. The van der Waals surface area contributed by atoms with E-state index in [0.29, 0.717) is 19.0 Å². The van der Waals surface area contributed by atoms with E-state index in [-0.39, 0.29) is 18.9 Å². The van der Waals surface area contributed by atoms with Crippen molar-refractivity contribution in [2.75, 3.05) is 49.7 Å². The lowest BCUT2D eigenvalue weighted by Gasteiger charge is -2.27. The van der Waals surface area contributed by atoms with E-state index < -0.39 is 17.8 Å². The van der Waals surface area contributed by atoms with Crippen molar-refractivity contribution in [3.63, 3.8) is 0 Å². The van der Waals surface area contributed by atoms with Crippen LogP contribution in [-0.4, -0.2) is 60.6 Å². The van der Waals surface area contributed by atoms with Crippen LogP contribution in [-0.2, 0) is 10.9 Å². The molecule has 1 aromatic carbocycles. The molecule has 0 amide bonds. The Hall–Kier alpha value is -2.59. The van der Waals surface area contributed by atoms with Crippen LogP contribution in [0.25, 0.3) is 0 Å². The zero-order valence-electron chi connectivity index (χ0n) is 15.0. The number of alkyl halides is 3. The number of aliphatic hydroxyl groups is 1. The fraction of sp³-hybridized carbons (Fsp3) is 0.444. The highest BCUT2D eigenvalue weighted by molar-refractivity contribution is 5.48. The molecule has 1 saturated heterocycles. The van der Waals surface area contributed by atoms with Crippen molar-refractivity contribution in [1.82, 2.24) is 9.97 Å². The van der Waals surface area contributed by atoms with Crippen LogP contribution in [0.15, 0.2) is 36.7 Å². The topological polar surface area (TPSA) is 79.7 Å². The average molecular weight is 398 g/mol. The van der Waals surface area contributed by atoms with Gasteiger partial charge in [-0.15, -0.1) is 0 Å². The third kappa shape index (κ3) is 5.70. The third-order valence-corrected chi connectivity index (χ3v) is 4.13. The summed E-state index contributed by atoms with van der Waals surface area (Å²) in [5.41, 5.74) is -0.748. The third-order valence-electron chi connectivity index (χ3n) is 4.13. The minimum Gasteiger partial charge on any atom is -0.491 e. The van der Waals surface area contributed by atoms with Crippen LogP contribution in [0.2, 0.25) is 0 Å². The minimum absolute atomic E-state index is 0.0697. The maximum absolute atomic E-state index is 12.5. The number of benzene rings is 1. The number of aliphatic hydroxyl groups excluding tert-OH is 1. The van der Waals surface area contributed by atoms with Crippen LogP contribution >= 0.6 is 0 Å². The highest BCUT2D eigenvalue weighted by atomic mass is 19.4. The zero-order chi connectivity index (χ0) is 20.0. The van der Waals surface area contributed by atoms with E-state index >= 15 is 0 Å². The van der Waals surface area contributed by atoms with Gasteiger partial charge in [0.15, 0.2) is 0 Å². The molecule has 1 fully saturated rings. The van der Waals surface area contributed by atoms with E-state index in [4.69, 9.17) is 9.47 Å². The molecular formula is C18H21F3N4O3. The van der Waals surface area contributed by atoms with Crippen LogP contribution < -0.4 is 15.0 Å². The van der Waals surface area contributed by atoms with Gasteiger partial charge in [0.1, 0.15) is 36.4 Å². The Morgan fingerprint density at radius 1 is 1.18 bits per heavy atom. The molecule has 0 spiro atoms. The largest absolute Gasteiger partial charge is 0.491 e. The molecule has 3 rings (SSSR count). The maximum atomic E-state index is 12.5. The second kappa shape index (κ2) is 9.07. The summed E-state index contributed by atoms with van der Waals surface area (Å²) >= 11 is 0. The zero-order valence-corrected chi connectivity index (χ0v) is 15.0. The number of ether oxygens (including phenoxy) is 2. The molecule has 2 aromatic rings. The normalized spacial score (nSPS) is 15.9. The van der Waals surface area contributed by atoms with Crippen molar-refractivity contribution in [3.8, 4) is 5.75 Å². The van der Waals surface area contributed by atoms with Gasteiger partial charge in [0.05, 0.1) is 18.8 Å². The SMILES string of the molecule is OC(CNc1cc(N2CCOCC2)ncn1)COc1ccc(C(F)(F)F)cc1. The molecule has 1 atom stereocenters. The standard InChI is InChI=1S/C18H21F3N4O3/c19-18(20,21)13-1-3-15(4-2-13)28-11-14(26)10-22-16-9-17(24-12-23-16)25-5-7-27-8-6-25/h1-4,9,12,14,26H,5-8,10-11H2,(H,22,23,24). The van der Waals surface area contributed by atoms with Crippen molar-refractivity contribution in [2.24, 2.45) is 0 Å². The van der Waals surface area contributed by atoms with E-state index in [1.807, 2.05) is 0 Å². The first kappa shape index (κ1) is 20.2. The quantitative estimate of drug-likeness (QED) is 0.740. The molecule has 2 N–H and O–H groups in total. The first-order valence-electron chi connectivity index (χ1n) is 8.78. The summed E-state index contributed by atoms with van der Waals surface area (Å²) in [7, 11) is 0. The van der Waals surface area contributed by atoms with Gasteiger partial charge < -0.3 is 24.8 Å². The highest BCUT2D eigenvalue weighted by Gasteiger charge is 2.30. The smallest absolute Gasteiger partial charge is 0.416 e. The molecule has 1 aliphatic heterocycles. The molecule has 1 aliphatic rings. The van der Waals surface area contributed by atoms with Crippen LogP contribution in [0.5, 0.6) is 5.75 Å². The Balaban J connectivity index is 1.46. The second-order valence-corrected chi connectivity index (χ2v) is 6.23. The van der Waals surface area contributed by atoms with E-state index in [2.05, 4.69) is 20.2 Å². The number of nitrogens with zero attached hydrogens (tertiary/aromatic N) is 3. The lowest BCUT2D eigenvalue weighted by molar-refractivity contribution is -0.137. The highest BCUT2D eigenvalue weighted by Crippen LogP contribution is 2.30. The summed E-state index contributed by atoms with van der Waals surface area (Å²) in [6.45, 7) is 2.89. The Labute approximate surface area is 160 Å². The number of anilines is 2. The summed E-state index contributed by atoms with van der Waals surface area (Å²) < 4.78 is 48.2. The van der Waals surface area contributed by atoms with Crippen molar-refractivity contribution < 1.29 is 27.8 Å². The van der Waals surface area contributed by atoms with Gasteiger partial charge in [-0.1, -0.05) is 0 Å². The summed E-state index contributed by atoms with van der Waals surface area (Å²) in [6, 6.07) is 6.11. The molecule has 152 valence electrons. The Morgan fingerprint density at radius 3 is 2.57 bits per heavy atom. The van der Waals surface area contributed by atoms with Crippen LogP contribution in [0.4, 0.5) is 24.8 Å². The molecule has 0 saturated carbocycles. The molecule has 1 aromatic heterocycles. The molecular weight excluding hydrogens is 377 g/mol. The first-order chi connectivity index (χ1) is 13.4. The van der Waals surface area contributed by atoms with E-state index in [1.165, 1.54) is 18.5 Å². The maximum Gasteiger partial charge on any atom is 0.416 e. The summed E-state index contributed by atoms with van der Waals surface area (Å²) in [5, 5.41) is 13.0. The van der Waals surface area contributed by atoms with Gasteiger partial charge in [-0.05, 0) is 24.3 Å². The molecule has 1 unspecified atom stereocenters. The van der Waals surface area contributed by atoms with Gasteiger partial charge in [0, 0.05) is 25.7 Å². The number of halogens is 3. The number of aromatic nitrogens is 2. The minimum atomic E-state index is -4.39. The van der Waals surface area contributed by atoms with Crippen molar-refractivity contribution in [2.45, 2.75) is 12.3 Å². The fourth-order valence-electron chi connectivity index (χ4n) is 2.62. The van der Waals surface area contributed by atoms with Crippen LogP contribution in [0, 0.1) is 0 Å². The monoisotopic (exact) mass is 398 g/mol. The molecule has 0 aliphatic carbocycles. The summed E-state index contributed by atoms with van der Waals surface area (Å²) in [4.78, 5) is 10.4. The van der Waals surface area contributed by atoms with Gasteiger partial charge in [0.2, 0.25) is 0 Å². The summed E-state index contributed by atoms with van der Waals surface area (Å²) in [5.74, 6) is 1.59. The predicted octanol–water partition coefficient (Wildman–Crippen LogP) is 2.18.